The van der Waals surface area contributed by atoms with Crippen molar-refractivity contribution in [2.75, 3.05) is 18.7 Å². The summed E-state index contributed by atoms with van der Waals surface area (Å²) in [7, 11) is 1.60. The average molecular weight is 395 g/mol. The van der Waals surface area contributed by atoms with Gasteiger partial charge in [0.2, 0.25) is 5.91 Å². The van der Waals surface area contributed by atoms with Crippen molar-refractivity contribution in [2.45, 2.75) is 17.9 Å². The molecule has 3 aromatic rings. The van der Waals surface area contributed by atoms with Gasteiger partial charge in [-0.25, -0.2) is 4.68 Å². The standard InChI is InChI=1S/C21H21N3O3S/c1-14(21(26)22-18-6-4-5-7-19(18)28-3)24-20(25)13-12-17(23-24)15-8-10-16(27-2)11-9-15/h4-14H,1-3H3,(H,22,26). The van der Waals surface area contributed by atoms with Gasteiger partial charge in [-0.05, 0) is 55.6 Å². The zero-order valence-electron chi connectivity index (χ0n) is 15.9. The molecule has 144 valence electrons. The first-order valence-electron chi connectivity index (χ1n) is 8.71. The van der Waals surface area contributed by atoms with Crippen LogP contribution in [0.2, 0.25) is 0 Å². The topological polar surface area (TPSA) is 73.2 Å². The number of carbonyl (C=O) groups excluding carboxylic acids is 1. The number of rotatable bonds is 6. The largest absolute Gasteiger partial charge is 0.497 e. The summed E-state index contributed by atoms with van der Waals surface area (Å²) in [6, 6.07) is 17.2. The van der Waals surface area contributed by atoms with Crippen LogP contribution in [-0.4, -0.2) is 29.1 Å². The maximum absolute atomic E-state index is 12.7. The smallest absolute Gasteiger partial charge is 0.267 e. The second-order valence-corrected chi connectivity index (χ2v) is 6.94. The fraction of sp³-hybridized carbons (Fsp3) is 0.190. The third-order valence-corrected chi connectivity index (χ3v) is 5.12. The van der Waals surface area contributed by atoms with E-state index in [0.717, 1.165) is 16.2 Å². The zero-order chi connectivity index (χ0) is 20.1. The third-order valence-electron chi connectivity index (χ3n) is 4.32. The maximum atomic E-state index is 12.7. The number of hydrogen-bond acceptors (Lipinski definition) is 5. The number of ether oxygens (including phenoxy) is 1. The Kier molecular flexibility index (Phi) is 6.16. The van der Waals surface area contributed by atoms with E-state index in [9.17, 15) is 9.59 Å². The minimum absolute atomic E-state index is 0.303. The van der Waals surface area contributed by atoms with Crippen LogP contribution < -0.4 is 15.6 Å². The predicted molar refractivity (Wildman–Crippen MR) is 112 cm³/mol. The lowest BCUT2D eigenvalue weighted by Gasteiger charge is -2.16. The number of methoxy groups -OCH3 is 1. The van der Waals surface area contributed by atoms with Gasteiger partial charge >= 0.3 is 0 Å². The molecule has 0 saturated heterocycles. The Balaban J connectivity index is 1.87. The minimum atomic E-state index is -0.763. The molecule has 1 unspecified atom stereocenters. The Hall–Kier alpha value is -3.06. The van der Waals surface area contributed by atoms with E-state index in [0.29, 0.717) is 11.4 Å². The summed E-state index contributed by atoms with van der Waals surface area (Å²) >= 11 is 1.54. The normalized spacial score (nSPS) is 11.7. The van der Waals surface area contributed by atoms with Crippen LogP contribution in [0.3, 0.4) is 0 Å². The van der Waals surface area contributed by atoms with Crippen molar-refractivity contribution < 1.29 is 9.53 Å². The van der Waals surface area contributed by atoms with Gasteiger partial charge in [0.1, 0.15) is 11.8 Å². The minimum Gasteiger partial charge on any atom is -0.497 e. The Morgan fingerprint density at radius 2 is 1.82 bits per heavy atom. The molecular formula is C21H21N3O3S. The van der Waals surface area contributed by atoms with Crippen LogP contribution in [0.15, 0.2) is 70.4 Å². The SMILES string of the molecule is COc1ccc(-c2ccc(=O)n(C(C)C(=O)Nc3ccccc3SC)n2)cc1. The summed E-state index contributed by atoms with van der Waals surface area (Å²) in [6.07, 6.45) is 1.94. The molecule has 0 saturated carbocycles. The fourth-order valence-electron chi connectivity index (χ4n) is 2.71. The Morgan fingerprint density at radius 1 is 1.11 bits per heavy atom. The molecule has 1 atom stereocenters. The quantitative estimate of drug-likeness (QED) is 0.642. The number of benzene rings is 2. The summed E-state index contributed by atoms with van der Waals surface area (Å²) in [4.78, 5) is 26.0. The highest BCUT2D eigenvalue weighted by Crippen LogP contribution is 2.25. The van der Waals surface area contributed by atoms with Crippen molar-refractivity contribution in [2.24, 2.45) is 0 Å². The lowest BCUT2D eigenvalue weighted by atomic mass is 10.1. The van der Waals surface area contributed by atoms with Gasteiger partial charge in [0.15, 0.2) is 0 Å². The number of nitrogens with one attached hydrogen (secondary N) is 1. The van der Waals surface area contributed by atoms with Crippen molar-refractivity contribution in [3.63, 3.8) is 0 Å². The number of aromatic nitrogens is 2. The Bertz CT molecular complexity index is 1030. The van der Waals surface area contributed by atoms with Crippen LogP contribution in [-0.2, 0) is 4.79 Å². The molecule has 1 aromatic heterocycles. The van der Waals surface area contributed by atoms with Crippen molar-refractivity contribution in [3.8, 4) is 17.0 Å². The second kappa shape index (κ2) is 8.75. The molecule has 28 heavy (non-hydrogen) atoms. The van der Waals surface area contributed by atoms with E-state index in [1.807, 2.05) is 54.8 Å². The predicted octanol–water partition coefficient (Wildman–Crippen LogP) is 3.84. The van der Waals surface area contributed by atoms with Gasteiger partial charge in [-0.2, -0.15) is 5.10 Å². The van der Waals surface area contributed by atoms with Gasteiger partial charge in [0, 0.05) is 16.5 Å². The van der Waals surface area contributed by atoms with Gasteiger partial charge < -0.3 is 10.1 Å². The summed E-state index contributed by atoms with van der Waals surface area (Å²) in [5.74, 6) is 0.431. The summed E-state index contributed by atoms with van der Waals surface area (Å²) < 4.78 is 6.37. The van der Waals surface area contributed by atoms with Gasteiger partial charge in [-0.15, -0.1) is 11.8 Å². The summed E-state index contributed by atoms with van der Waals surface area (Å²) in [5, 5.41) is 7.29. The van der Waals surface area contributed by atoms with Gasteiger partial charge in [0.05, 0.1) is 18.5 Å². The molecule has 1 amide bonds. The molecule has 3 rings (SSSR count). The van der Waals surface area contributed by atoms with E-state index in [1.165, 1.54) is 10.7 Å². The molecule has 0 aliphatic rings. The van der Waals surface area contributed by atoms with Crippen LogP contribution in [0.5, 0.6) is 5.75 Å². The van der Waals surface area contributed by atoms with E-state index >= 15 is 0 Å². The highest BCUT2D eigenvalue weighted by atomic mass is 32.2. The summed E-state index contributed by atoms with van der Waals surface area (Å²) in [5.41, 5.74) is 1.81. The highest BCUT2D eigenvalue weighted by molar-refractivity contribution is 7.98. The molecule has 1 N–H and O–H groups in total. The fourth-order valence-corrected chi connectivity index (χ4v) is 3.27. The molecule has 0 aliphatic carbocycles. The van der Waals surface area contributed by atoms with E-state index in [-0.39, 0.29) is 11.5 Å². The molecule has 0 bridgehead atoms. The van der Waals surface area contributed by atoms with Crippen molar-refractivity contribution in [3.05, 3.63) is 71.0 Å². The average Bonchev–Trinajstić information content (AvgIpc) is 2.74. The van der Waals surface area contributed by atoms with Gasteiger partial charge in [-0.1, -0.05) is 12.1 Å². The molecule has 0 spiro atoms. The number of thioether (sulfide) groups is 1. The molecular weight excluding hydrogens is 374 g/mol. The second-order valence-electron chi connectivity index (χ2n) is 6.10. The van der Waals surface area contributed by atoms with Crippen molar-refractivity contribution in [1.29, 1.82) is 0 Å². The molecule has 6 nitrogen and oxygen atoms in total. The van der Waals surface area contributed by atoms with Crippen molar-refractivity contribution >= 4 is 23.4 Å². The number of anilines is 1. The molecule has 1 heterocycles. The number of nitrogens with zero attached hydrogens (tertiary/aromatic N) is 2. The first-order valence-corrected chi connectivity index (χ1v) is 9.94. The van der Waals surface area contributed by atoms with Crippen LogP contribution in [0, 0.1) is 0 Å². The molecule has 2 aromatic carbocycles. The van der Waals surface area contributed by atoms with E-state index in [4.69, 9.17) is 4.74 Å². The molecule has 0 aliphatic heterocycles. The number of para-hydroxylation sites is 1. The first kappa shape index (κ1) is 19.7. The molecule has 0 radical (unpaired) electrons. The zero-order valence-corrected chi connectivity index (χ0v) is 16.7. The molecule has 7 heteroatoms. The van der Waals surface area contributed by atoms with Gasteiger partial charge in [-0.3, -0.25) is 9.59 Å². The van der Waals surface area contributed by atoms with E-state index in [1.54, 1.807) is 31.9 Å². The van der Waals surface area contributed by atoms with Gasteiger partial charge in [0.25, 0.3) is 5.56 Å². The maximum Gasteiger partial charge on any atom is 0.267 e. The van der Waals surface area contributed by atoms with Crippen LogP contribution in [0.4, 0.5) is 5.69 Å². The number of amides is 1. The monoisotopic (exact) mass is 395 g/mol. The van der Waals surface area contributed by atoms with E-state index < -0.39 is 6.04 Å². The lowest BCUT2D eigenvalue weighted by Crippen LogP contribution is -2.33. The third kappa shape index (κ3) is 4.26. The highest BCUT2D eigenvalue weighted by Gasteiger charge is 2.19. The Labute approximate surface area is 167 Å². The first-order chi connectivity index (χ1) is 13.5. The molecule has 0 fully saturated rings. The van der Waals surface area contributed by atoms with Crippen molar-refractivity contribution in [1.82, 2.24) is 9.78 Å². The van der Waals surface area contributed by atoms with Crippen LogP contribution in [0.1, 0.15) is 13.0 Å². The number of carbonyl (C=O) groups is 1. The number of hydrogen-bond donors (Lipinski definition) is 1. The lowest BCUT2D eigenvalue weighted by molar-refractivity contribution is -0.119. The van der Waals surface area contributed by atoms with E-state index in [2.05, 4.69) is 10.4 Å². The Morgan fingerprint density at radius 3 is 2.50 bits per heavy atom. The van der Waals surface area contributed by atoms with Crippen LogP contribution in [0.25, 0.3) is 11.3 Å². The summed E-state index contributed by atoms with van der Waals surface area (Å²) in [6.45, 7) is 1.66. The van der Waals surface area contributed by atoms with Crippen LogP contribution >= 0.6 is 11.8 Å².